The summed E-state index contributed by atoms with van der Waals surface area (Å²) in [6.07, 6.45) is 16.8. The summed E-state index contributed by atoms with van der Waals surface area (Å²) in [7, 11) is 0. The lowest BCUT2D eigenvalue weighted by Gasteiger charge is -2.42. The van der Waals surface area contributed by atoms with Gasteiger partial charge >= 0.3 is 0 Å². The highest BCUT2D eigenvalue weighted by molar-refractivity contribution is 7.99. The summed E-state index contributed by atoms with van der Waals surface area (Å²) in [5.74, 6) is 0.883. The first kappa shape index (κ1) is 39.3. The Hall–Kier alpha value is -1.74. The molecule has 3 rings (SSSR count). The lowest BCUT2D eigenvalue weighted by atomic mass is 9.91. The maximum atomic E-state index is 10.3. The van der Waals surface area contributed by atoms with E-state index in [9.17, 15) is 5.11 Å². The van der Waals surface area contributed by atoms with Crippen LogP contribution in [0.5, 0.6) is 0 Å². The predicted octanol–water partition coefficient (Wildman–Crippen LogP) is 7.00. The molecule has 1 aromatic heterocycles. The van der Waals surface area contributed by atoms with Crippen molar-refractivity contribution in [3.05, 3.63) is 42.8 Å². The van der Waals surface area contributed by atoms with Crippen molar-refractivity contribution in [3.8, 4) is 0 Å². The van der Waals surface area contributed by atoms with E-state index in [1.54, 1.807) is 24.1 Å². The number of piperazine rings is 1. The van der Waals surface area contributed by atoms with Gasteiger partial charge in [0, 0.05) is 63.6 Å². The minimum absolute atomic E-state index is 0.250. The molecule has 0 bridgehead atoms. The highest BCUT2D eigenvalue weighted by Crippen LogP contribution is 2.26. The number of aromatic nitrogens is 2. The van der Waals surface area contributed by atoms with E-state index in [-0.39, 0.29) is 5.37 Å². The number of hydrogen-bond acceptors (Lipinski definition) is 8. The van der Waals surface area contributed by atoms with Crippen LogP contribution in [0.1, 0.15) is 91.3 Å². The lowest BCUT2D eigenvalue weighted by molar-refractivity contribution is 0.00566. The lowest BCUT2D eigenvalue weighted by Crippen LogP contribution is -2.52. The maximum absolute atomic E-state index is 10.3. The fourth-order valence-corrected chi connectivity index (χ4v) is 5.19. The quantitative estimate of drug-likeness (QED) is 0.142. The monoisotopic (exact) mass is 590 g/mol. The van der Waals surface area contributed by atoms with Crippen LogP contribution in [0.4, 0.5) is 5.95 Å². The smallest absolute Gasteiger partial charge is 0.225 e. The molecule has 1 aliphatic carbocycles. The number of aliphatic hydroxyl groups excluding tert-OH is 1. The molecule has 1 saturated heterocycles. The number of hydrogen-bond donors (Lipinski definition) is 1. The molecule has 2 aliphatic rings. The Kier molecular flexibility index (Phi) is 23.8. The molecule has 0 radical (unpaired) electrons. The van der Waals surface area contributed by atoms with Crippen LogP contribution in [0.3, 0.4) is 0 Å². The first-order valence-corrected chi connectivity index (χ1v) is 17.2. The van der Waals surface area contributed by atoms with E-state index in [1.165, 1.54) is 24.8 Å². The van der Waals surface area contributed by atoms with Crippen LogP contribution >= 0.6 is 11.8 Å². The summed E-state index contributed by atoms with van der Waals surface area (Å²) in [6, 6.07) is 0.833. The average molecular weight is 591 g/mol. The number of thioether (sulfide) groups is 1. The fourth-order valence-electron chi connectivity index (χ4n) is 4.75. The van der Waals surface area contributed by atoms with Gasteiger partial charge in [-0.1, -0.05) is 53.2 Å². The van der Waals surface area contributed by atoms with Gasteiger partial charge in [-0.25, -0.2) is 9.97 Å². The molecule has 1 N–H and O–H groups in total. The zero-order valence-electron chi connectivity index (χ0n) is 27.7. The molecule has 8 heteroatoms. The molecule has 2 unspecified atom stereocenters. The second-order valence-corrected chi connectivity index (χ2v) is 10.8. The molecule has 2 fully saturated rings. The molecular weight excluding hydrogens is 528 g/mol. The van der Waals surface area contributed by atoms with Crippen LogP contribution in [0.15, 0.2) is 36.5 Å². The molecule has 7 nitrogen and oxygen atoms in total. The summed E-state index contributed by atoms with van der Waals surface area (Å²) in [4.78, 5) is 20.7. The molecule has 1 saturated carbocycles. The Morgan fingerprint density at radius 2 is 1.80 bits per heavy atom. The summed E-state index contributed by atoms with van der Waals surface area (Å²) < 4.78 is 0. The fraction of sp³-hybridized carbons (Fsp3) is 0.727. The molecule has 2 atom stereocenters. The maximum Gasteiger partial charge on any atom is 0.225 e. The molecule has 1 aliphatic heterocycles. The van der Waals surface area contributed by atoms with Crippen molar-refractivity contribution in [2.75, 3.05) is 50.4 Å². The Bertz CT molecular complexity index is 824. The van der Waals surface area contributed by atoms with Gasteiger partial charge in [0.05, 0.1) is 0 Å². The Morgan fingerprint density at radius 1 is 1.15 bits per heavy atom. The molecule has 0 spiro atoms. The van der Waals surface area contributed by atoms with Crippen LogP contribution in [0, 0.1) is 6.92 Å². The number of rotatable bonds is 14. The number of nitrogens with zero attached hydrogens (tertiary/aromatic N) is 6. The van der Waals surface area contributed by atoms with Gasteiger partial charge in [-0.05, 0) is 64.0 Å². The van der Waals surface area contributed by atoms with Crippen LogP contribution in [-0.2, 0) is 6.42 Å². The second kappa shape index (κ2) is 24.8. The van der Waals surface area contributed by atoms with Gasteiger partial charge in [0.25, 0.3) is 0 Å². The van der Waals surface area contributed by atoms with Crippen molar-refractivity contribution in [3.63, 3.8) is 0 Å². The molecule has 0 aromatic carbocycles. The minimum Gasteiger partial charge on any atom is -0.378 e. The number of anilines is 1. The number of aliphatic hydroxyl groups is 1. The predicted molar refractivity (Wildman–Crippen MR) is 184 cm³/mol. The third-order valence-corrected chi connectivity index (χ3v) is 7.99. The normalized spacial score (nSPS) is 16.8. The Labute approximate surface area is 257 Å². The first-order chi connectivity index (χ1) is 20.0. The van der Waals surface area contributed by atoms with Gasteiger partial charge < -0.3 is 10.0 Å². The Morgan fingerprint density at radius 3 is 2.24 bits per heavy atom. The van der Waals surface area contributed by atoms with Gasteiger partial charge in [-0.3, -0.25) is 14.8 Å². The summed E-state index contributed by atoms with van der Waals surface area (Å²) in [5.41, 5.74) is 2.31. The van der Waals surface area contributed by atoms with Crippen LogP contribution in [0.2, 0.25) is 0 Å². The van der Waals surface area contributed by atoms with Gasteiger partial charge in [0.15, 0.2) is 0 Å². The van der Waals surface area contributed by atoms with Crippen molar-refractivity contribution in [2.45, 2.75) is 111 Å². The summed E-state index contributed by atoms with van der Waals surface area (Å²) in [6.45, 7) is 27.6. The summed E-state index contributed by atoms with van der Waals surface area (Å²) in [5, 5.41) is 10.5. The van der Waals surface area contributed by atoms with E-state index in [4.69, 9.17) is 4.98 Å². The molecular formula is C33H62N6OS. The van der Waals surface area contributed by atoms with E-state index < -0.39 is 6.23 Å². The van der Waals surface area contributed by atoms with E-state index >= 15 is 0 Å². The SMILES string of the molecule is C=CC(/N=C\C)SC.C=CCC(O)N(CCC)CCCc1cnc(N2CCN(C3CCC3)CC2)nc1C.CC.CC. The second-order valence-electron chi connectivity index (χ2n) is 9.80. The highest BCUT2D eigenvalue weighted by Gasteiger charge is 2.28. The zero-order chi connectivity index (χ0) is 31.0. The van der Waals surface area contributed by atoms with Gasteiger partial charge in [0.2, 0.25) is 5.95 Å². The van der Waals surface area contributed by atoms with E-state index in [0.29, 0.717) is 6.42 Å². The third kappa shape index (κ3) is 14.8. The molecule has 41 heavy (non-hydrogen) atoms. The zero-order valence-corrected chi connectivity index (χ0v) is 28.5. The van der Waals surface area contributed by atoms with Gasteiger partial charge in [0.1, 0.15) is 11.6 Å². The average Bonchev–Trinajstić information content (AvgIpc) is 2.98. The highest BCUT2D eigenvalue weighted by atomic mass is 32.2. The largest absolute Gasteiger partial charge is 0.378 e. The van der Waals surface area contributed by atoms with Crippen molar-refractivity contribution in [2.24, 2.45) is 4.99 Å². The van der Waals surface area contributed by atoms with E-state index in [0.717, 1.165) is 76.2 Å². The first-order valence-electron chi connectivity index (χ1n) is 15.9. The molecule has 236 valence electrons. The molecule has 0 amide bonds. The van der Waals surface area contributed by atoms with Crippen molar-refractivity contribution in [1.29, 1.82) is 0 Å². The number of aliphatic imine (C=N–C) groups is 1. The van der Waals surface area contributed by atoms with Crippen LogP contribution < -0.4 is 4.90 Å². The minimum atomic E-state index is -0.425. The van der Waals surface area contributed by atoms with Crippen LogP contribution in [-0.4, -0.2) is 94.3 Å². The van der Waals surface area contributed by atoms with Crippen molar-refractivity contribution < 1.29 is 5.11 Å². The van der Waals surface area contributed by atoms with Crippen molar-refractivity contribution in [1.82, 2.24) is 19.8 Å². The number of aryl methyl sites for hydroxylation is 2. The van der Waals surface area contributed by atoms with Gasteiger partial charge in [-0.15, -0.1) is 24.9 Å². The standard InChI is InChI=1S/C23H39N5O.C6H11NS.2C2H6/c1-4-8-22(29)27(12-5-2)13-7-9-20-18-24-23(25-19(20)3)28-16-14-26(15-17-28)21-10-6-11-21;1-4-6(8-3)7-5-2;2*1-2/h4,18,21-22,29H,1,5-17H2,2-3H3;4-6H,1H2,2-3H3;2*1-2H3/b;7-5-;;. The summed E-state index contributed by atoms with van der Waals surface area (Å²) >= 11 is 1.68. The van der Waals surface area contributed by atoms with Crippen LogP contribution in [0.25, 0.3) is 0 Å². The van der Waals surface area contributed by atoms with Crippen molar-refractivity contribution >= 4 is 23.9 Å². The van der Waals surface area contributed by atoms with E-state index in [1.807, 2.05) is 53.1 Å². The molecule has 2 heterocycles. The van der Waals surface area contributed by atoms with E-state index in [2.05, 4.69) is 51.7 Å². The van der Waals surface area contributed by atoms with Gasteiger partial charge in [-0.2, -0.15) is 0 Å². The topological polar surface area (TPSA) is 68.1 Å². The third-order valence-electron chi connectivity index (χ3n) is 7.20. The molecule has 1 aromatic rings. The Balaban J connectivity index is 0.00000114.